The van der Waals surface area contributed by atoms with Crippen LogP contribution in [0.15, 0.2) is 30.3 Å². The zero-order valence-corrected chi connectivity index (χ0v) is 18.6. The van der Waals surface area contributed by atoms with Crippen molar-refractivity contribution in [3.05, 3.63) is 53.1 Å². The number of carbonyl (C=O) groups excluding carboxylic acids is 2. The van der Waals surface area contributed by atoms with Crippen LogP contribution in [0.3, 0.4) is 0 Å². The number of benzene rings is 1. The summed E-state index contributed by atoms with van der Waals surface area (Å²) in [6.45, 7) is 4.49. The van der Waals surface area contributed by atoms with Gasteiger partial charge in [0.05, 0.1) is 23.9 Å². The molecule has 3 heterocycles. The molecule has 178 valence electrons. The topological polar surface area (TPSA) is 63.6 Å². The number of fused-ring (bicyclic) bond motifs is 2. The molecule has 1 N–H and O–H groups in total. The number of alkyl halides is 3. The van der Waals surface area contributed by atoms with Gasteiger partial charge in [0, 0.05) is 36.9 Å². The van der Waals surface area contributed by atoms with E-state index in [0.717, 1.165) is 6.07 Å². The molecule has 1 amide bonds. The molecular weight excluding hydrogens is 442 g/mol. The summed E-state index contributed by atoms with van der Waals surface area (Å²) in [7, 11) is 1.41. The van der Waals surface area contributed by atoms with Crippen LogP contribution in [0.25, 0.3) is 0 Å². The molecule has 0 bridgehead atoms. The molecule has 2 aliphatic rings. The van der Waals surface area contributed by atoms with Crippen LogP contribution in [0.4, 0.5) is 17.6 Å². The van der Waals surface area contributed by atoms with E-state index < -0.39 is 34.8 Å². The molecule has 2 aliphatic heterocycles. The first-order chi connectivity index (χ1) is 15.4. The van der Waals surface area contributed by atoms with Gasteiger partial charge in [0.2, 0.25) is 0 Å². The SMILES string of the molecule is COc1ccc(C(=O)N2CCC3(CC2)NC(C)(C)Cn2c(C(=O)C(F)(F)F)ccc23)c(F)c1. The van der Waals surface area contributed by atoms with Crippen molar-refractivity contribution in [2.24, 2.45) is 0 Å². The third-order valence-corrected chi connectivity index (χ3v) is 6.40. The van der Waals surface area contributed by atoms with Gasteiger partial charge in [-0.3, -0.25) is 14.9 Å². The number of Topliss-reactive ketones (excluding diaryl/α,β-unsaturated/α-hetero) is 1. The molecule has 4 rings (SSSR count). The number of rotatable bonds is 3. The van der Waals surface area contributed by atoms with Gasteiger partial charge in [0.25, 0.3) is 11.7 Å². The van der Waals surface area contributed by atoms with Crippen molar-refractivity contribution in [2.45, 2.75) is 50.5 Å². The van der Waals surface area contributed by atoms with Gasteiger partial charge in [-0.1, -0.05) is 0 Å². The lowest BCUT2D eigenvalue weighted by Crippen LogP contribution is -2.63. The Kier molecular flexibility index (Phi) is 5.55. The first-order valence-electron chi connectivity index (χ1n) is 10.6. The number of likely N-dealkylation sites (tertiary alicyclic amines) is 1. The summed E-state index contributed by atoms with van der Waals surface area (Å²) < 4.78 is 60.2. The van der Waals surface area contributed by atoms with Crippen molar-refractivity contribution in [1.82, 2.24) is 14.8 Å². The highest BCUT2D eigenvalue weighted by atomic mass is 19.4. The lowest BCUT2D eigenvalue weighted by atomic mass is 9.79. The van der Waals surface area contributed by atoms with Crippen molar-refractivity contribution < 1.29 is 31.9 Å². The second-order valence-corrected chi connectivity index (χ2v) is 9.25. The van der Waals surface area contributed by atoms with E-state index in [9.17, 15) is 27.2 Å². The molecule has 0 saturated carbocycles. The van der Waals surface area contributed by atoms with Gasteiger partial charge in [0.15, 0.2) is 0 Å². The monoisotopic (exact) mass is 467 g/mol. The number of nitrogens with zero attached hydrogens (tertiary/aromatic N) is 2. The lowest BCUT2D eigenvalue weighted by molar-refractivity contribution is -0.0892. The summed E-state index contributed by atoms with van der Waals surface area (Å²) in [5.41, 5.74) is -1.14. The van der Waals surface area contributed by atoms with Crippen molar-refractivity contribution in [2.75, 3.05) is 20.2 Å². The first-order valence-corrected chi connectivity index (χ1v) is 10.6. The van der Waals surface area contributed by atoms with Crippen LogP contribution in [0.5, 0.6) is 5.75 Å². The molecule has 1 saturated heterocycles. The summed E-state index contributed by atoms with van der Waals surface area (Å²) in [6.07, 6.45) is -4.15. The van der Waals surface area contributed by atoms with Gasteiger partial charge in [-0.15, -0.1) is 0 Å². The fourth-order valence-electron chi connectivity index (χ4n) is 4.99. The molecule has 33 heavy (non-hydrogen) atoms. The number of amides is 1. The average molecular weight is 467 g/mol. The number of hydrogen-bond acceptors (Lipinski definition) is 4. The standard InChI is InChI=1S/C23H25F4N3O3/c1-21(2)13-30-17(19(31)23(25,26)27)6-7-18(30)22(28-21)8-10-29(11-9-22)20(32)15-5-4-14(33-3)12-16(15)24/h4-7,12,28H,8-11,13H2,1-3H3. The minimum atomic E-state index is -4.96. The average Bonchev–Trinajstić information content (AvgIpc) is 3.15. The highest BCUT2D eigenvalue weighted by molar-refractivity contribution is 5.99. The summed E-state index contributed by atoms with van der Waals surface area (Å²) in [6, 6.07) is 6.82. The Hall–Kier alpha value is -2.88. The predicted molar refractivity (Wildman–Crippen MR) is 112 cm³/mol. The molecule has 6 nitrogen and oxygen atoms in total. The third-order valence-electron chi connectivity index (χ3n) is 6.40. The highest BCUT2D eigenvalue weighted by Crippen LogP contribution is 2.41. The molecule has 0 radical (unpaired) electrons. The van der Waals surface area contributed by atoms with Gasteiger partial charge < -0.3 is 14.2 Å². The number of aromatic nitrogens is 1. The van der Waals surface area contributed by atoms with Crippen LogP contribution in [0.1, 0.15) is 53.2 Å². The Bertz CT molecular complexity index is 1100. The Balaban J connectivity index is 1.60. The smallest absolute Gasteiger partial charge is 0.456 e. The molecule has 2 aromatic rings. The molecule has 1 aromatic heterocycles. The van der Waals surface area contributed by atoms with Crippen molar-refractivity contribution in [1.29, 1.82) is 0 Å². The quantitative estimate of drug-likeness (QED) is 0.550. The predicted octanol–water partition coefficient (Wildman–Crippen LogP) is 3.89. The molecular formula is C23H25F4N3O3. The normalized spacial score (nSPS) is 19.3. The number of ketones is 1. The number of halogens is 4. The summed E-state index contributed by atoms with van der Waals surface area (Å²) >= 11 is 0. The minimum absolute atomic E-state index is 0.0647. The number of carbonyl (C=O) groups is 2. The van der Waals surface area contributed by atoms with Gasteiger partial charge in [-0.25, -0.2) is 4.39 Å². The fraction of sp³-hybridized carbons (Fsp3) is 0.478. The van der Waals surface area contributed by atoms with Crippen molar-refractivity contribution >= 4 is 11.7 Å². The number of ether oxygens (including phenoxy) is 1. The summed E-state index contributed by atoms with van der Waals surface area (Å²) in [5.74, 6) is -2.70. The van der Waals surface area contributed by atoms with Gasteiger partial charge in [0.1, 0.15) is 11.6 Å². The van der Waals surface area contributed by atoms with Crippen LogP contribution < -0.4 is 10.1 Å². The fourth-order valence-corrected chi connectivity index (χ4v) is 4.99. The number of piperidine rings is 1. The minimum Gasteiger partial charge on any atom is -0.497 e. The van der Waals surface area contributed by atoms with Crippen LogP contribution in [-0.4, -0.2) is 53.1 Å². The van der Waals surface area contributed by atoms with E-state index in [-0.39, 0.29) is 30.9 Å². The van der Waals surface area contributed by atoms with Crippen LogP contribution in [0.2, 0.25) is 0 Å². The van der Waals surface area contributed by atoms with E-state index in [1.165, 1.54) is 34.8 Å². The summed E-state index contributed by atoms with van der Waals surface area (Å²) in [5, 5.41) is 3.54. The summed E-state index contributed by atoms with van der Waals surface area (Å²) in [4.78, 5) is 26.4. The zero-order chi connectivity index (χ0) is 24.2. The second-order valence-electron chi connectivity index (χ2n) is 9.25. The Morgan fingerprint density at radius 2 is 1.76 bits per heavy atom. The maximum absolute atomic E-state index is 14.4. The Morgan fingerprint density at radius 3 is 2.33 bits per heavy atom. The van der Waals surface area contributed by atoms with E-state index in [1.807, 2.05) is 13.8 Å². The molecule has 10 heteroatoms. The van der Waals surface area contributed by atoms with E-state index in [1.54, 1.807) is 6.07 Å². The number of hydrogen-bond donors (Lipinski definition) is 1. The highest BCUT2D eigenvalue weighted by Gasteiger charge is 2.49. The van der Waals surface area contributed by atoms with E-state index in [2.05, 4.69) is 5.32 Å². The maximum atomic E-state index is 14.4. The van der Waals surface area contributed by atoms with Crippen LogP contribution >= 0.6 is 0 Å². The van der Waals surface area contributed by atoms with Crippen LogP contribution in [0, 0.1) is 5.82 Å². The number of nitrogens with one attached hydrogen (secondary N) is 1. The van der Waals surface area contributed by atoms with Gasteiger partial charge in [-0.05, 0) is 51.0 Å². The lowest BCUT2D eigenvalue weighted by Gasteiger charge is -2.51. The zero-order valence-electron chi connectivity index (χ0n) is 18.6. The Labute approximate surface area is 188 Å². The molecule has 0 aliphatic carbocycles. The first kappa shape index (κ1) is 23.3. The van der Waals surface area contributed by atoms with Crippen molar-refractivity contribution in [3.63, 3.8) is 0 Å². The van der Waals surface area contributed by atoms with Crippen LogP contribution in [-0.2, 0) is 12.1 Å². The molecule has 0 atom stereocenters. The molecule has 1 spiro atoms. The van der Waals surface area contributed by atoms with E-state index in [4.69, 9.17) is 4.74 Å². The largest absolute Gasteiger partial charge is 0.497 e. The molecule has 1 fully saturated rings. The van der Waals surface area contributed by atoms with Gasteiger partial charge >= 0.3 is 6.18 Å². The molecule has 0 unspecified atom stereocenters. The number of methoxy groups -OCH3 is 1. The maximum Gasteiger partial charge on any atom is 0.456 e. The van der Waals surface area contributed by atoms with Gasteiger partial charge in [-0.2, -0.15) is 13.2 Å². The van der Waals surface area contributed by atoms with E-state index >= 15 is 0 Å². The Morgan fingerprint density at radius 1 is 1.09 bits per heavy atom. The third kappa shape index (κ3) is 4.12. The van der Waals surface area contributed by atoms with E-state index in [0.29, 0.717) is 24.3 Å². The van der Waals surface area contributed by atoms with Crippen molar-refractivity contribution in [3.8, 4) is 5.75 Å². The molecule has 1 aromatic carbocycles. The second kappa shape index (κ2) is 7.86.